The maximum Gasteiger partial charge on any atom is 0.170 e. The molecule has 0 aromatic carbocycles. The summed E-state index contributed by atoms with van der Waals surface area (Å²) in [5.74, 6) is 0. The van der Waals surface area contributed by atoms with Gasteiger partial charge in [0, 0.05) is 6.16 Å². The largest absolute Gasteiger partial charge is 0.334 e. The summed E-state index contributed by atoms with van der Waals surface area (Å²) in [6.07, 6.45) is 29.4. The SMILES string of the molecule is CCCCCCCCC(CCCCCCCC)(CCCCCCCC)OP(CC)OCC.Cl. The maximum absolute atomic E-state index is 6.95. The van der Waals surface area contributed by atoms with E-state index in [0.717, 1.165) is 12.8 Å². The van der Waals surface area contributed by atoms with E-state index in [1.165, 1.54) is 135 Å². The standard InChI is InChI=1S/C29H61O2P.ClH/c1-6-11-14-17-20-23-26-29(31-32(10-5)30-9-4,27-24-21-18-15-12-7-2)28-25-22-19-16-13-8-3;/h6-28H2,1-5H3;1H. The van der Waals surface area contributed by atoms with Gasteiger partial charge in [0.2, 0.25) is 0 Å². The van der Waals surface area contributed by atoms with Crippen LogP contribution in [0.3, 0.4) is 0 Å². The third-order valence-electron chi connectivity index (χ3n) is 6.78. The Kier molecular flexibility index (Phi) is 29.5. The average molecular weight is 509 g/mol. The van der Waals surface area contributed by atoms with Crippen molar-refractivity contribution in [3.8, 4) is 0 Å². The highest BCUT2D eigenvalue weighted by atomic mass is 35.5. The summed E-state index contributed by atoms with van der Waals surface area (Å²) in [5.41, 5.74) is 0.0666. The van der Waals surface area contributed by atoms with Gasteiger partial charge in [-0.05, 0) is 26.2 Å². The van der Waals surface area contributed by atoms with Crippen LogP contribution in [0, 0.1) is 0 Å². The molecule has 0 heterocycles. The van der Waals surface area contributed by atoms with Crippen molar-refractivity contribution in [1.82, 2.24) is 0 Å². The van der Waals surface area contributed by atoms with Crippen LogP contribution >= 0.6 is 20.8 Å². The van der Waals surface area contributed by atoms with Crippen molar-refractivity contribution in [2.75, 3.05) is 12.8 Å². The molecule has 0 spiro atoms. The third kappa shape index (κ3) is 21.6. The molecular weight excluding hydrogens is 447 g/mol. The molecule has 0 bridgehead atoms. The number of unbranched alkanes of at least 4 members (excludes halogenated alkanes) is 15. The number of hydrogen-bond donors (Lipinski definition) is 0. The highest BCUT2D eigenvalue weighted by Crippen LogP contribution is 2.47. The van der Waals surface area contributed by atoms with Crippen LogP contribution < -0.4 is 0 Å². The topological polar surface area (TPSA) is 18.5 Å². The molecule has 0 rings (SSSR count). The summed E-state index contributed by atoms with van der Waals surface area (Å²) in [5, 5.41) is 0. The van der Waals surface area contributed by atoms with E-state index >= 15 is 0 Å². The van der Waals surface area contributed by atoms with Gasteiger partial charge in [-0.2, -0.15) is 0 Å². The molecule has 0 saturated carbocycles. The lowest BCUT2D eigenvalue weighted by Gasteiger charge is -2.37. The van der Waals surface area contributed by atoms with Crippen LogP contribution in [0.1, 0.15) is 169 Å². The second kappa shape index (κ2) is 27.2. The summed E-state index contributed by atoms with van der Waals surface area (Å²) in [4.78, 5) is 0. The fourth-order valence-electron chi connectivity index (χ4n) is 4.74. The molecule has 33 heavy (non-hydrogen) atoms. The Labute approximate surface area is 217 Å². The van der Waals surface area contributed by atoms with Gasteiger partial charge < -0.3 is 9.05 Å². The number of halogens is 1. The maximum atomic E-state index is 6.95. The molecule has 0 aromatic heterocycles. The molecule has 0 aliphatic rings. The fourth-order valence-corrected chi connectivity index (χ4v) is 6.09. The molecule has 4 heteroatoms. The van der Waals surface area contributed by atoms with Crippen LogP contribution in [0.25, 0.3) is 0 Å². The first-order valence-electron chi connectivity index (χ1n) is 14.8. The van der Waals surface area contributed by atoms with Crippen LogP contribution in [0.4, 0.5) is 0 Å². The highest BCUT2D eigenvalue weighted by molar-refractivity contribution is 7.47. The van der Waals surface area contributed by atoms with Gasteiger partial charge in [0.15, 0.2) is 8.38 Å². The predicted molar refractivity (Wildman–Crippen MR) is 154 cm³/mol. The highest BCUT2D eigenvalue weighted by Gasteiger charge is 2.33. The normalized spacial score (nSPS) is 12.6. The zero-order chi connectivity index (χ0) is 23.8. The van der Waals surface area contributed by atoms with E-state index in [-0.39, 0.29) is 18.0 Å². The smallest absolute Gasteiger partial charge is 0.170 e. The summed E-state index contributed by atoms with van der Waals surface area (Å²) in [6.45, 7) is 12.1. The first-order valence-corrected chi connectivity index (χ1v) is 16.1. The quantitative estimate of drug-likeness (QED) is 0.0853. The lowest BCUT2D eigenvalue weighted by molar-refractivity contribution is 0.0303. The van der Waals surface area contributed by atoms with Gasteiger partial charge in [0.05, 0.1) is 12.2 Å². The van der Waals surface area contributed by atoms with Gasteiger partial charge in [0.1, 0.15) is 0 Å². The van der Waals surface area contributed by atoms with Crippen molar-refractivity contribution in [2.45, 2.75) is 175 Å². The fraction of sp³-hybridized carbons (Fsp3) is 1.00. The first-order chi connectivity index (χ1) is 15.7. The Balaban J connectivity index is 0. The van der Waals surface area contributed by atoms with E-state index in [2.05, 4.69) is 34.6 Å². The lowest BCUT2D eigenvalue weighted by Crippen LogP contribution is -2.32. The Morgan fingerprint density at radius 2 is 0.818 bits per heavy atom. The summed E-state index contributed by atoms with van der Waals surface area (Å²) >= 11 is 0. The molecule has 0 amide bonds. The Hall–Kier alpha value is 0.640. The van der Waals surface area contributed by atoms with Crippen LogP contribution in [0.15, 0.2) is 0 Å². The second-order valence-electron chi connectivity index (χ2n) is 9.89. The molecule has 0 fully saturated rings. The molecule has 0 saturated heterocycles. The van der Waals surface area contributed by atoms with Gasteiger partial charge in [0.25, 0.3) is 0 Å². The van der Waals surface area contributed by atoms with Crippen molar-refractivity contribution in [2.24, 2.45) is 0 Å². The van der Waals surface area contributed by atoms with Crippen molar-refractivity contribution >= 4 is 20.8 Å². The summed E-state index contributed by atoms with van der Waals surface area (Å²) < 4.78 is 13.0. The van der Waals surface area contributed by atoms with E-state index in [9.17, 15) is 0 Å². The molecule has 0 aromatic rings. The van der Waals surface area contributed by atoms with E-state index < -0.39 is 8.38 Å². The first kappa shape index (κ1) is 35.8. The molecule has 0 aliphatic carbocycles. The number of rotatable bonds is 26. The lowest BCUT2D eigenvalue weighted by atomic mass is 9.85. The zero-order valence-corrected chi connectivity index (χ0v) is 25.1. The Bertz CT molecular complexity index is 327. The number of hydrogen-bond acceptors (Lipinski definition) is 2. The van der Waals surface area contributed by atoms with Crippen LogP contribution in [-0.4, -0.2) is 18.4 Å². The molecule has 1 unspecified atom stereocenters. The molecule has 0 N–H and O–H groups in total. The van der Waals surface area contributed by atoms with Gasteiger partial charge >= 0.3 is 0 Å². The zero-order valence-electron chi connectivity index (χ0n) is 23.4. The molecular formula is C29H62ClO2P. The summed E-state index contributed by atoms with van der Waals surface area (Å²) in [6, 6.07) is 0. The summed E-state index contributed by atoms with van der Waals surface area (Å²) in [7, 11) is -0.737. The minimum absolute atomic E-state index is 0. The van der Waals surface area contributed by atoms with Crippen molar-refractivity contribution in [3.05, 3.63) is 0 Å². The monoisotopic (exact) mass is 508 g/mol. The average Bonchev–Trinajstić information content (AvgIpc) is 2.80. The molecule has 2 nitrogen and oxygen atoms in total. The minimum Gasteiger partial charge on any atom is -0.334 e. The van der Waals surface area contributed by atoms with Gasteiger partial charge in [-0.25, -0.2) is 0 Å². The molecule has 0 radical (unpaired) electrons. The molecule has 202 valence electrons. The van der Waals surface area contributed by atoms with Crippen molar-refractivity contribution < 1.29 is 9.05 Å². The van der Waals surface area contributed by atoms with Gasteiger partial charge in [-0.3, -0.25) is 0 Å². The minimum atomic E-state index is -0.737. The van der Waals surface area contributed by atoms with Crippen molar-refractivity contribution in [1.29, 1.82) is 0 Å². The third-order valence-corrected chi connectivity index (χ3v) is 8.44. The van der Waals surface area contributed by atoms with E-state index in [0.29, 0.717) is 0 Å². The van der Waals surface area contributed by atoms with Crippen LogP contribution in [0.2, 0.25) is 0 Å². The Morgan fingerprint density at radius 1 is 0.485 bits per heavy atom. The van der Waals surface area contributed by atoms with Crippen LogP contribution in [-0.2, 0) is 9.05 Å². The Morgan fingerprint density at radius 3 is 1.12 bits per heavy atom. The van der Waals surface area contributed by atoms with Crippen molar-refractivity contribution in [3.63, 3.8) is 0 Å². The van der Waals surface area contributed by atoms with E-state index in [1.807, 2.05) is 0 Å². The van der Waals surface area contributed by atoms with Gasteiger partial charge in [-0.1, -0.05) is 143 Å². The molecule has 0 aliphatic heterocycles. The van der Waals surface area contributed by atoms with Crippen LogP contribution in [0.5, 0.6) is 0 Å². The molecule has 1 atom stereocenters. The second-order valence-corrected chi connectivity index (χ2v) is 11.6. The predicted octanol–water partition coefficient (Wildman–Crippen LogP) is 11.8. The van der Waals surface area contributed by atoms with E-state index in [4.69, 9.17) is 9.05 Å². The van der Waals surface area contributed by atoms with Gasteiger partial charge in [-0.15, -0.1) is 12.4 Å². The van der Waals surface area contributed by atoms with E-state index in [1.54, 1.807) is 0 Å².